The molecule has 0 aliphatic rings. The summed E-state index contributed by atoms with van der Waals surface area (Å²) in [4.78, 5) is 16.8. The van der Waals surface area contributed by atoms with Crippen LogP contribution in [0, 0.1) is 6.92 Å². The molecule has 0 aliphatic heterocycles. The third-order valence-electron chi connectivity index (χ3n) is 3.71. The number of benzene rings is 2. The fourth-order valence-electron chi connectivity index (χ4n) is 2.39. The SMILES string of the molecule is COCCNC(=O)c1nc(-c2ccc(C)cc2)n(-c2ccccc2)n1. The molecule has 25 heavy (non-hydrogen) atoms. The van der Waals surface area contributed by atoms with Crippen LogP contribution in [0.15, 0.2) is 54.6 Å². The molecule has 0 unspecified atom stereocenters. The summed E-state index contributed by atoms with van der Waals surface area (Å²) in [5.74, 6) is 0.443. The van der Waals surface area contributed by atoms with Gasteiger partial charge in [-0.05, 0) is 19.1 Å². The van der Waals surface area contributed by atoms with Crippen LogP contribution < -0.4 is 5.32 Å². The van der Waals surface area contributed by atoms with E-state index >= 15 is 0 Å². The number of carbonyl (C=O) groups excluding carboxylic acids is 1. The van der Waals surface area contributed by atoms with Gasteiger partial charge in [0.25, 0.3) is 5.91 Å². The van der Waals surface area contributed by atoms with Crippen molar-refractivity contribution in [1.82, 2.24) is 20.1 Å². The van der Waals surface area contributed by atoms with Gasteiger partial charge in [-0.1, -0.05) is 48.0 Å². The summed E-state index contributed by atoms with van der Waals surface area (Å²) in [6, 6.07) is 17.6. The van der Waals surface area contributed by atoms with Crippen LogP contribution in [0.3, 0.4) is 0 Å². The van der Waals surface area contributed by atoms with Crippen LogP contribution >= 0.6 is 0 Å². The second-order valence-electron chi connectivity index (χ2n) is 5.62. The number of ether oxygens (including phenoxy) is 1. The number of rotatable bonds is 6. The largest absolute Gasteiger partial charge is 0.383 e. The highest BCUT2D eigenvalue weighted by Gasteiger charge is 2.18. The molecule has 0 saturated heterocycles. The minimum absolute atomic E-state index is 0.135. The maximum Gasteiger partial charge on any atom is 0.291 e. The number of nitrogens with zero attached hydrogens (tertiary/aromatic N) is 3. The summed E-state index contributed by atoms with van der Waals surface area (Å²) in [5, 5.41) is 7.16. The Morgan fingerprint density at radius 1 is 1.12 bits per heavy atom. The Balaban J connectivity index is 2.00. The van der Waals surface area contributed by atoms with Crippen LogP contribution in [0.1, 0.15) is 16.2 Å². The molecule has 1 amide bonds. The first kappa shape index (κ1) is 16.9. The number of para-hydroxylation sites is 1. The fourth-order valence-corrected chi connectivity index (χ4v) is 2.39. The second-order valence-corrected chi connectivity index (χ2v) is 5.62. The van der Waals surface area contributed by atoms with E-state index < -0.39 is 0 Å². The number of carbonyl (C=O) groups is 1. The van der Waals surface area contributed by atoms with Crippen molar-refractivity contribution < 1.29 is 9.53 Å². The number of hydrogen-bond acceptors (Lipinski definition) is 4. The van der Waals surface area contributed by atoms with Gasteiger partial charge >= 0.3 is 0 Å². The Bertz CT molecular complexity index is 842. The lowest BCUT2D eigenvalue weighted by atomic mass is 10.1. The topological polar surface area (TPSA) is 69.0 Å². The number of aromatic nitrogens is 3. The van der Waals surface area contributed by atoms with Crippen LogP contribution in [-0.4, -0.2) is 40.9 Å². The van der Waals surface area contributed by atoms with Gasteiger partial charge in [-0.2, -0.15) is 0 Å². The zero-order valence-electron chi connectivity index (χ0n) is 14.3. The van der Waals surface area contributed by atoms with Gasteiger partial charge < -0.3 is 10.1 Å². The summed E-state index contributed by atoms with van der Waals surface area (Å²) in [7, 11) is 1.59. The van der Waals surface area contributed by atoms with E-state index in [1.54, 1.807) is 11.8 Å². The molecule has 3 aromatic rings. The average molecular weight is 336 g/mol. The maximum absolute atomic E-state index is 12.3. The van der Waals surface area contributed by atoms with Gasteiger partial charge in [0.05, 0.1) is 12.3 Å². The second kappa shape index (κ2) is 7.72. The van der Waals surface area contributed by atoms with Crippen LogP contribution in [-0.2, 0) is 4.74 Å². The average Bonchev–Trinajstić information content (AvgIpc) is 3.09. The Morgan fingerprint density at radius 2 is 1.84 bits per heavy atom. The summed E-state index contributed by atoms with van der Waals surface area (Å²) in [6.07, 6.45) is 0. The smallest absolute Gasteiger partial charge is 0.291 e. The predicted molar refractivity (Wildman–Crippen MR) is 95.7 cm³/mol. The molecule has 0 atom stereocenters. The normalized spacial score (nSPS) is 10.6. The van der Waals surface area contributed by atoms with Crippen molar-refractivity contribution in [3.63, 3.8) is 0 Å². The number of amides is 1. The molecule has 0 aliphatic carbocycles. The first-order valence-electron chi connectivity index (χ1n) is 8.05. The fraction of sp³-hybridized carbons (Fsp3) is 0.211. The van der Waals surface area contributed by atoms with Gasteiger partial charge in [0, 0.05) is 19.2 Å². The number of methoxy groups -OCH3 is 1. The molecule has 1 N–H and O–H groups in total. The molecule has 128 valence electrons. The summed E-state index contributed by atoms with van der Waals surface area (Å²) in [5.41, 5.74) is 2.91. The van der Waals surface area contributed by atoms with Crippen LogP contribution in [0.4, 0.5) is 0 Å². The van der Waals surface area contributed by atoms with E-state index in [0.717, 1.165) is 16.8 Å². The molecular weight excluding hydrogens is 316 g/mol. The first-order valence-corrected chi connectivity index (χ1v) is 8.05. The molecule has 0 saturated carbocycles. The highest BCUT2D eigenvalue weighted by atomic mass is 16.5. The predicted octanol–water partition coefficient (Wildman–Crippen LogP) is 2.62. The molecule has 6 heteroatoms. The molecule has 6 nitrogen and oxygen atoms in total. The molecule has 1 heterocycles. The van der Waals surface area contributed by atoms with E-state index in [-0.39, 0.29) is 11.7 Å². The molecule has 0 spiro atoms. The Labute approximate surface area is 146 Å². The van der Waals surface area contributed by atoms with E-state index in [2.05, 4.69) is 15.4 Å². The zero-order chi connectivity index (χ0) is 17.6. The van der Waals surface area contributed by atoms with Crippen molar-refractivity contribution in [1.29, 1.82) is 0 Å². The Kier molecular flexibility index (Phi) is 5.20. The van der Waals surface area contributed by atoms with Crippen molar-refractivity contribution >= 4 is 5.91 Å². The molecule has 3 rings (SSSR count). The molecule has 0 bridgehead atoms. The van der Waals surface area contributed by atoms with Crippen molar-refractivity contribution in [2.75, 3.05) is 20.3 Å². The van der Waals surface area contributed by atoms with Crippen molar-refractivity contribution in [2.45, 2.75) is 6.92 Å². The zero-order valence-corrected chi connectivity index (χ0v) is 14.3. The highest BCUT2D eigenvalue weighted by molar-refractivity contribution is 5.91. The summed E-state index contributed by atoms with van der Waals surface area (Å²) < 4.78 is 6.64. The summed E-state index contributed by atoms with van der Waals surface area (Å²) in [6.45, 7) is 2.88. The molecule has 1 aromatic heterocycles. The summed E-state index contributed by atoms with van der Waals surface area (Å²) >= 11 is 0. The van der Waals surface area contributed by atoms with E-state index in [9.17, 15) is 4.79 Å². The minimum Gasteiger partial charge on any atom is -0.383 e. The van der Waals surface area contributed by atoms with Crippen LogP contribution in [0.2, 0.25) is 0 Å². The quantitative estimate of drug-likeness (QED) is 0.703. The number of aryl methyl sites for hydroxylation is 1. The lowest BCUT2D eigenvalue weighted by Gasteiger charge is -2.05. The van der Waals surface area contributed by atoms with Gasteiger partial charge in [-0.25, -0.2) is 9.67 Å². The van der Waals surface area contributed by atoms with Crippen LogP contribution in [0.5, 0.6) is 0 Å². The minimum atomic E-state index is -0.319. The molecule has 0 fully saturated rings. The third kappa shape index (κ3) is 3.92. The van der Waals surface area contributed by atoms with Crippen LogP contribution in [0.25, 0.3) is 17.1 Å². The van der Waals surface area contributed by atoms with Gasteiger partial charge in [0.2, 0.25) is 5.82 Å². The van der Waals surface area contributed by atoms with Crippen molar-refractivity contribution in [3.8, 4) is 17.1 Å². The molecule has 0 radical (unpaired) electrons. The van der Waals surface area contributed by atoms with E-state index in [0.29, 0.717) is 19.0 Å². The Hall–Kier alpha value is -2.99. The van der Waals surface area contributed by atoms with Gasteiger partial charge in [-0.3, -0.25) is 4.79 Å². The lowest BCUT2D eigenvalue weighted by Crippen LogP contribution is -2.28. The number of hydrogen-bond donors (Lipinski definition) is 1. The van der Waals surface area contributed by atoms with E-state index in [1.807, 2.05) is 61.5 Å². The Morgan fingerprint density at radius 3 is 2.52 bits per heavy atom. The first-order chi connectivity index (χ1) is 12.2. The number of nitrogens with one attached hydrogen (secondary N) is 1. The van der Waals surface area contributed by atoms with Gasteiger partial charge in [0.15, 0.2) is 5.82 Å². The maximum atomic E-state index is 12.3. The molecular formula is C19H20N4O2. The van der Waals surface area contributed by atoms with E-state index in [1.165, 1.54) is 0 Å². The lowest BCUT2D eigenvalue weighted by molar-refractivity contribution is 0.0927. The van der Waals surface area contributed by atoms with Gasteiger partial charge in [0.1, 0.15) is 0 Å². The monoisotopic (exact) mass is 336 g/mol. The third-order valence-corrected chi connectivity index (χ3v) is 3.71. The van der Waals surface area contributed by atoms with E-state index in [4.69, 9.17) is 4.74 Å². The van der Waals surface area contributed by atoms with Crippen molar-refractivity contribution in [3.05, 3.63) is 66.0 Å². The highest BCUT2D eigenvalue weighted by Crippen LogP contribution is 2.21. The standard InChI is InChI=1S/C19H20N4O2/c1-14-8-10-15(11-9-14)18-21-17(19(24)20-12-13-25-2)22-23(18)16-6-4-3-5-7-16/h3-11H,12-13H2,1-2H3,(H,20,24). The molecule has 2 aromatic carbocycles. The van der Waals surface area contributed by atoms with Crippen molar-refractivity contribution in [2.24, 2.45) is 0 Å². The van der Waals surface area contributed by atoms with Gasteiger partial charge in [-0.15, -0.1) is 5.10 Å².